The number of ether oxygens (including phenoxy) is 1. The van der Waals surface area contributed by atoms with Crippen molar-refractivity contribution in [2.75, 3.05) is 12.4 Å². The van der Waals surface area contributed by atoms with Crippen molar-refractivity contribution in [2.24, 2.45) is 0 Å². The Kier molecular flexibility index (Phi) is 4.92. The second-order valence-electron chi connectivity index (χ2n) is 4.64. The molecule has 0 spiro atoms. The molecule has 1 unspecified atom stereocenters. The van der Waals surface area contributed by atoms with Gasteiger partial charge in [-0.3, -0.25) is 4.68 Å². The minimum absolute atomic E-state index is 0.328. The topological polar surface area (TPSA) is 56.2 Å². The van der Waals surface area contributed by atoms with Gasteiger partial charge in [0.1, 0.15) is 5.82 Å². The zero-order chi connectivity index (χ0) is 15.2. The fourth-order valence-corrected chi connectivity index (χ4v) is 1.99. The van der Waals surface area contributed by atoms with E-state index in [9.17, 15) is 9.18 Å². The summed E-state index contributed by atoms with van der Waals surface area (Å²) in [6.45, 7) is 2.83. The lowest BCUT2D eigenvalue weighted by Gasteiger charge is -2.16. The first-order valence-corrected chi connectivity index (χ1v) is 6.76. The molecule has 1 atom stereocenters. The molecule has 1 N–H and O–H groups in total. The van der Waals surface area contributed by atoms with Crippen molar-refractivity contribution < 1.29 is 13.9 Å². The summed E-state index contributed by atoms with van der Waals surface area (Å²) in [6.07, 6.45) is 4.39. The molecule has 0 aliphatic rings. The van der Waals surface area contributed by atoms with Crippen LogP contribution in [-0.4, -0.2) is 22.9 Å². The molecule has 1 aromatic heterocycles. The van der Waals surface area contributed by atoms with Crippen molar-refractivity contribution in [1.82, 2.24) is 9.78 Å². The van der Waals surface area contributed by atoms with E-state index in [-0.39, 0.29) is 5.82 Å². The van der Waals surface area contributed by atoms with Crippen LogP contribution in [0.3, 0.4) is 0 Å². The maximum atomic E-state index is 12.9. The predicted molar refractivity (Wildman–Crippen MR) is 77.3 cm³/mol. The van der Waals surface area contributed by atoms with Crippen LogP contribution in [0.4, 0.5) is 10.1 Å². The molecule has 6 heteroatoms. The number of nitrogens with one attached hydrogen (secondary N) is 1. The molecular formula is C15H18FN3O2. The number of anilines is 1. The van der Waals surface area contributed by atoms with Crippen LogP contribution in [0, 0.1) is 5.82 Å². The maximum Gasteiger partial charge on any atom is 0.333 e. The SMILES string of the molecule is CCCn1cc(C(Nc2ccc(F)cc2)C(=O)OC)cn1. The van der Waals surface area contributed by atoms with E-state index in [0.717, 1.165) is 13.0 Å². The van der Waals surface area contributed by atoms with Gasteiger partial charge in [-0.1, -0.05) is 6.92 Å². The summed E-state index contributed by atoms with van der Waals surface area (Å²) in [5.41, 5.74) is 1.34. The first-order valence-electron chi connectivity index (χ1n) is 6.76. The fraction of sp³-hybridized carbons (Fsp3) is 0.333. The molecule has 0 radical (unpaired) electrons. The highest BCUT2D eigenvalue weighted by Gasteiger charge is 2.23. The smallest absolute Gasteiger partial charge is 0.333 e. The van der Waals surface area contributed by atoms with Gasteiger partial charge in [-0.05, 0) is 30.7 Å². The molecule has 0 bridgehead atoms. The van der Waals surface area contributed by atoms with E-state index >= 15 is 0 Å². The molecule has 0 fully saturated rings. The van der Waals surface area contributed by atoms with Crippen LogP contribution in [0.25, 0.3) is 0 Å². The number of halogens is 1. The summed E-state index contributed by atoms with van der Waals surface area (Å²) in [5, 5.41) is 7.24. The molecule has 21 heavy (non-hydrogen) atoms. The number of hydrogen-bond donors (Lipinski definition) is 1. The predicted octanol–water partition coefficient (Wildman–Crippen LogP) is 2.76. The standard InChI is InChI=1S/C15H18FN3O2/c1-3-8-19-10-11(9-17-19)14(15(20)21-2)18-13-6-4-12(16)5-7-13/h4-7,9-10,14,18H,3,8H2,1-2H3. The molecule has 1 aromatic carbocycles. The summed E-state index contributed by atoms with van der Waals surface area (Å²) in [6, 6.07) is 5.13. The Morgan fingerprint density at radius 1 is 1.43 bits per heavy atom. The molecule has 0 saturated carbocycles. The summed E-state index contributed by atoms with van der Waals surface area (Å²) >= 11 is 0. The largest absolute Gasteiger partial charge is 0.467 e. The first-order chi connectivity index (χ1) is 10.1. The van der Waals surface area contributed by atoms with E-state index in [1.807, 2.05) is 6.20 Å². The number of methoxy groups -OCH3 is 1. The van der Waals surface area contributed by atoms with Crippen LogP contribution < -0.4 is 5.32 Å². The number of carbonyl (C=O) groups is 1. The minimum Gasteiger partial charge on any atom is -0.467 e. The van der Waals surface area contributed by atoms with Crippen LogP contribution in [0.1, 0.15) is 24.9 Å². The third-order valence-corrected chi connectivity index (χ3v) is 3.03. The van der Waals surface area contributed by atoms with Gasteiger partial charge in [0.2, 0.25) is 0 Å². The average Bonchev–Trinajstić information content (AvgIpc) is 2.94. The number of rotatable bonds is 6. The fourth-order valence-electron chi connectivity index (χ4n) is 1.99. The number of esters is 1. The monoisotopic (exact) mass is 291 g/mol. The van der Waals surface area contributed by atoms with Crippen LogP contribution in [0.5, 0.6) is 0 Å². The molecule has 2 rings (SSSR count). The van der Waals surface area contributed by atoms with Crippen molar-refractivity contribution in [2.45, 2.75) is 25.9 Å². The van der Waals surface area contributed by atoms with Gasteiger partial charge in [-0.2, -0.15) is 5.10 Å². The lowest BCUT2D eigenvalue weighted by Crippen LogP contribution is -2.22. The summed E-state index contributed by atoms with van der Waals surface area (Å²) < 4.78 is 19.5. The highest BCUT2D eigenvalue weighted by Crippen LogP contribution is 2.21. The van der Waals surface area contributed by atoms with E-state index in [2.05, 4.69) is 17.3 Å². The Bertz CT molecular complexity index is 595. The van der Waals surface area contributed by atoms with Crippen LogP contribution in [0.2, 0.25) is 0 Å². The molecule has 0 amide bonds. The minimum atomic E-state index is -0.675. The van der Waals surface area contributed by atoms with Gasteiger partial charge >= 0.3 is 5.97 Å². The van der Waals surface area contributed by atoms with Crippen molar-refractivity contribution in [3.05, 3.63) is 48.0 Å². The van der Waals surface area contributed by atoms with E-state index in [1.165, 1.54) is 19.2 Å². The Labute approximate surface area is 122 Å². The van der Waals surface area contributed by atoms with Crippen LogP contribution >= 0.6 is 0 Å². The molecule has 0 aliphatic heterocycles. The molecule has 2 aromatic rings. The Hall–Kier alpha value is -2.37. The third-order valence-electron chi connectivity index (χ3n) is 3.03. The number of hydrogen-bond acceptors (Lipinski definition) is 4. The second-order valence-corrected chi connectivity index (χ2v) is 4.64. The highest BCUT2D eigenvalue weighted by atomic mass is 19.1. The van der Waals surface area contributed by atoms with Crippen molar-refractivity contribution in [1.29, 1.82) is 0 Å². The lowest BCUT2D eigenvalue weighted by atomic mass is 10.1. The third kappa shape index (κ3) is 3.81. The van der Waals surface area contributed by atoms with Crippen LogP contribution in [0.15, 0.2) is 36.7 Å². The van der Waals surface area contributed by atoms with Crippen molar-refractivity contribution in [3.63, 3.8) is 0 Å². The molecule has 5 nitrogen and oxygen atoms in total. The molecule has 0 aliphatic carbocycles. The van der Waals surface area contributed by atoms with Crippen molar-refractivity contribution >= 4 is 11.7 Å². The number of carbonyl (C=O) groups excluding carboxylic acids is 1. The lowest BCUT2D eigenvalue weighted by molar-refractivity contribution is -0.141. The quantitative estimate of drug-likeness (QED) is 0.831. The van der Waals surface area contributed by atoms with Gasteiger partial charge in [-0.25, -0.2) is 9.18 Å². The molecule has 0 saturated heterocycles. The van der Waals surface area contributed by atoms with Gasteiger partial charge in [0.25, 0.3) is 0 Å². The highest BCUT2D eigenvalue weighted by molar-refractivity contribution is 5.80. The number of aryl methyl sites for hydroxylation is 1. The Morgan fingerprint density at radius 3 is 2.76 bits per heavy atom. The maximum absolute atomic E-state index is 12.9. The summed E-state index contributed by atoms with van der Waals surface area (Å²) in [7, 11) is 1.33. The normalized spacial score (nSPS) is 12.0. The van der Waals surface area contributed by atoms with E-state index < -0.39 is 12.0 Å². The van der Waals surface area contributed by atoms with E-state index in [0.29, 0.717) is 11.3 Å². The Balaban J connectivity index is 2.21. The average molecular weight is 291 g/mol. The number of aromatic nitrogens is 2. The van der Waals surface area contributed by atoms with E-state index in [1.54, 1.807) is 23.0 Å². The van der Waals surface area contributed by atoms with Gasteiger partial charge in [0.15, 0.2) is 6.04 Å². The van der Waals surface area contributed by atoms with Gasteiger partial charge in [-0.15, -0.1) is 0 Å². The number of benzene rings is 1. The second kappa shape index (κ2) is 6.88. The molecule has 1 heterocycles. The number of nitrogens with zero attached hydrogens (tertiary/aromatic N) is 2. The van der Waals surface area contributed by atoms with Gasteiger partial charge < -0.3 is 10.1 Å². The van der Waals surface area contributed by atoms with Gasteiger partial charge in [0, 0.05) is 24.0 Å². The Morgan fingerprint density at radius 2 is 2.14 bits per heavy atom. The molecule has 112 valence electrons. The van der Waals surface area contributed by atoms with Crippen molar-refractivity contribution in [3.8, 4) is 0 Å². The zero-order valence-electron chi connectivity index (χ0n) is 12.0. The first kappa shape index (κ1) is 15.0. The summed E-state index contributed by atoms with van der Waals surface area (Å²) in [5.74, 6) is -0.749. The summed E-state index contributed by atoms with van der Waals surface area (Å²) in [4.78, 5) is 12.0. The molecular weight excluding hydrogens is 273 g/mol. The van der Waals surface area contributed by atoms with Crippen LogP contribution in [-0.2, 0) is 16.1 Å². The van der Waals surface area contributed by atoms with E-state index in [4.69, 9.17) is 4.74 Å². The van der Waals surface area contributed by atoms with Gasteiger partial charge in [0.05, 0.1) is 13.3 Å². The zero-order valence-corrected chi connectivity index (χ0v) is 12.0.